The van der Waals surface area contributed by atoms with Crippen molar-refractivity contribution in [1.29, 1.82) is 0 Å². The maximum Gasteiger partial charge on any atom is 0.244 e. The normalized spacial score (nSPS) is 23.5. The van der Waals surface area contributed by atoms with E-state index in [9.17, 15) is 16.8 Å². The van der Waals surface area contributed by atoms with Crippen LogP contribution in [0.1, 0.15) is 0 Å². The van der Waals surface area contributed by atoms with Gasteiger partial charge < -0.3 is 4.90 Å². The van der Waals surface area contributed by atoms with E-state index < -0.39 is 19.9 Å². The van der Waals surface area contributed by atoms with Gasteiger partial charge in [0.2, 0.25) is 10.0 Å². The van der Waals surface area contributed by atoms with E-state index in [-0.39, 0.29) is 21.1 Å². The molecule has 1 aliphatic heterocycles. The number of hydrogen-bond acceptors (Lipinski definition) is 6. The van der Waals surface area contributed by atoms with E-state index in [0.717, 1.165) is 6.26 Å². The van der Waals surface area contributed by atoms with Crippen LogP contribution in [0.2, 0.25) is 0 Å². The molecule has 1 aromatic carbocycles. The smallest absolute Gasteiger partial charge is 0.244 e. The second kappa shape index (κ2) is 6.72. The summed E-state index contributed by atoms with van der Waals surface area (Å²) in [6.45, 7) is 0.739. The van der Waals surface area contributed by atoms with E-state index in [1.165, 1.54) is 22.5 Å². The molecule has 9 heteroatoms. The molecule has 0 radical (unpaired) electrons. The first kappa shape index (κ1) is 18.7. The van der Waals surface area contributed by atoms with Gasteiger partial charge in [-0.15, -0.1) is 0 Å². The first-order chi connectivity index (χ1) is 10.6. The zero-order chi connectivity index (χ0) is 17.4. The van der Waals surface area contributed by atoms with Crippen LogP contribution in [-0.2, 0) is 19.9 Å². The fraction of sp³-hybridized carbons (Fsp3) is 0.571. The summed E-state index contributed by atoms with van der Waals surface area (Å²) in [5.74, 6) is 0. The summed E-state index contributed by atoms with van der Waals surface area (Å²) in [6.07, 6.45) is 2.99. The van der Waals surface area contributed by atoms with Crippen molar-refractivity contribution in [2.75, 3.05) is 39.7 Å². The monoisotopic (exact) mass is 378 g/mol. The molecule has 0 aliphatic carbocycles. The Balaban J connectivity index is 2.45. The maximum atomic E-state index is 13.0. The Morgan fingerprint density at radius 2 is 1.65 bits per heavy atom. The van der Waals surface area contributed by atoms with Crippen molar-refractivity contribution in [2.45, 2.75) is 21.1 Å². The number of sulfonamides is 1. The molecule has 0 N–H and O–H groups in total. The van der Waals surface area contributed by atoms with E-state index >= 15 is 0 Å². The molecule has 1 aromatic rings. The number of nitrogens with zero attached hydrogens (tertiary/aromatic N) is 2. The van der Waals surface area contributed by atoms with Crippen LogP contribution in [0, 0.1) is 0 Å². The van der Waals surface area contributed by atoms with Crippen LogP contribution < -0.4 is 0 Å². The Bertz CT molecular complexity index is 775. The van der Waals surface area contributed by atoms with Gasteiger partial charge in [0.15, 0.2) is 9.84 Å². The van der Waals surface area contributed by atoms with Gasteiger partial charge in [0.25, 0.3) is 0 Å². The molecule has 0 saturated carbocycles. The van der Waals surface area contributed by atoms with Crippen LogP contribution in [0.15, 0.2) is 34.1 Å². The fourth-order valence-electron chi connectivity index (χ4n) is 2.76. The largest absolute Gasteiger partial charge is 0.304 e. The van der Waals surface area contributed by atoms with Gasteiger partial charge in [-0.05, 0) is 32.5 Å². The summed E-state index contributed by atoms with van der Waals surface area (Å²) >= 11 is 1.63. The average molecular weight is 379 g/mol. The highest BCUT2D eigenvalue weighted by Crippen LogP contribution is 2.31. The Labute approximate surface area is 142 Å². The van der Waals surface area contributed by atoms with E-state index in [4.69, 9.17) is 0 Å². The number of rotatable bonds is 5. The molecule has 1 aliphatic rings. The first-order valence-electron chi connectivity index (χ1n) is 7.07. The van der Waals surface area contributed by atoms with Gasteiger partial charge in [-0.3, -0.25) is 0 Å². The van der Waals surface area contributed by atoms with Crippen molar-refractivity contribution in [3.05, 3.63) is 24.3 Å². The van der Waals surface area contributed by atoms with E-state index in [1.807, 2.05) is 25.3 Å². The van der Waals surface area contributed by atoms with E-state index in [2.05, 4.69) is 0 Å². The van der Waals surface area contributed by atoms with E-state index in [1.54, 1.807) is 17.8 Å². The van der Waals surface area contributed by atoms with Crippen LogP contribution in [0.3, 0.4) is 0 Å². The molecule has 2 rings (SSSR count). The van der Waals surface area contributed by atoms with Crippen molar-refractivity contribution in [3.8, 4) is 0 Å². The van der Waals surface area contributed by atoms with Gasteiger partial charge in [0.05, 0.1) is 4.90 Å². The number of sulfone groups is 1. The molecule has 130 valence electrons. The van der Waals surface area contributed by atoms with Gasteiger partial charge in [-0.2, -0.15) is 16.1 Å². The molecule has 0 unspecified atom stereocenters. The van der Waals surface area contributed by atoms with Gasteiger partial charge in [0, 0.05) is 30.6 Å². The quantitative estimate of drug-likeness (QED) is 0.753. The molecule has 1 fully saturated rings. The van der Waals surface area contributed by atoms with Gasteiger partial charge in [0.1, 0.15) is 4.90 Å². The lowest BCUT2D eigenvalue weighted by Crippen LogP contribution is -2.37. The summed E-state index contributed by atoms with van der Waals surface area (Å²) in [5, 5.41) is 0.158. The molecular weight excluding hydrogens is 356 g/mol. The maximum absolute atomic E-state index is 13.0. The minimum Gasteiger partial charge on any atom is -0.304 e. The topological polar surface area (TPSA) is 74.8 Å². The fourth-order valence-corrected chi connectivity index (χ4v) is 6.91. The standard InChI is InChI=1S/C14H22N2O4S3/c1-15(2)11-9-16(10-12(11)21-3)23(19,20)14-8-6-5-7-13(14)22(4,17)18/h5-8,11-12H,9-10H2,1-4H3/t11-,12-/m1/s1. The van der Waals surface area contributed by atoms with Gasteiger partial charge in [-0.25, -0.2) is 16.8 Å². The summed E-state index contributed by atoms with van der Waals surface area (Å²) in [7, 11) is -3.61. The SMILES string of the molecule is CS[C@@H]1CN(S(=O)(=O)c2ccccc2S(C)(=O)=O)C[C@H]1N(C)C. The summed E-state index contributed by atoms with van der Waals surface area (Å²) in [5.41, 5.74) is 0. The van der Waals surface area contributed by atoms with Crippen molar-refractivity contribution < 1.29 is 16.8 Å². The molecule has 1 saturated heterocycles. The Hall–Kier alpha value is -0.610. The summed E-state index contributed by atoms with van der Waals surface area (Å²) in [4.78, 5) is 1.73. The third-order valence-electron chi connectivity index (χ3n) is 4.04. The van der Waals surface area contributed by atoms with Crippen molar-refractivity contribution >= 4 is 31.6 Å². The Morgan fingerprint density at radius 3 is 2.09 bits per heavy atom. The molecule has 23 heavy (non-hydrogen) atoms. The lowest BCUT2D eigenvalue weighted by atomic mass is 10.2. The van der Waals surface area contributed by atoms with Crippen molar-refractivity contribution in [1.82, 2.24) is 9.21 Å². The highest BCUT2D eigenvalue weighted by atomic mass is 32.2. The second-order valence-corrected chi connectivity index (χ2v) is 10.8. The molecule has 0 aromatic heterocycles. The average Bonchev–Trinajstić information content (AvgIpc) is 2.91. The zero-order valence-electron chi connectivity index (χ0n) is 13.6. The number of likely N-dealkylation sites (N-methyl/N-ethyl adjacent to an activating group) is 1. The first-order valence-corrected chi connectivity index (χ1v) is 11.7. The molecule has 0 spiro atoms. The number of hydrogen-bond donors (Lipinski definition) is 0. The number of thioether (sulfide) groups is 1. The third-order valence-corrected chi connectivity index (χ3v) is 8.28. The minimum atomic E-state index is -3.85. The Kier molecular flexibility index (Phi) is 5.47. The van der Waals surface area contributed by atoms with Crippen LogP contribution in [0.5, 0.6) is 0 Å². The van der Waals surface area contributed by atoms with E-state index in [0.29, 0.717) is 13.1 Å². The molecule has 1 heterocycles. The van der Waals surface area contributed by atoms with Gasteiger partial charge in [-0.1, -0.05) is 12.1 Å². The molecule has 6 nitrogen and oxygen atoms in total. The third kappa shape index (κ3) is 3.74. The minimum absolute atomic E-state index is 0.102. The lowest BCUT2D eigenvalue weighted by molar-refractivity contribution is 0.306. The van der Waals surface area contributed by atoms with Crippen molar-refractivity contribution in [3.63, 3.8) is 0 Å². The molecular formula is C14H22N2O4S3. The van der Waals surface area contributed by atoms with Crippen LogP contribution in [-0.4, -0.2) is 77.0 Å². The van der Waals surface area contributed by atoms with Crippen LogP contribution in [0.4, 0.5) is 0 Å². The van der Waals surface area contributed by atoms with Crippen molar-refractivity contribution in [2.24, 2.45) is 0 Å². The number of benzene rings is 1. The molecule has 2 atom stereocenters. The lowest BCUT2D eigenvalue weighted by Gasteiger charge is -2.23. The van der Waals surface area contributed by atoms with Crippen LogP contribution >= 0.6 is 11.8 Å². The zero-order valence-corrected chi connectivity index (χ0v) is 16.1. The summed E-state index contributed by atoms with van der Waals surface area (Å²) in [6, 6.07) is 5.89. The highest BCUT2D eigenvalue weighted by molar-refractivity contribution is 7.99. The highest BCUT2D eigenvalue weighted by Gasteiger charge is 2.41. The second-order valence-electron chi connectivity index (χ2n) is 5.85. The molecule has 0 amide bonds. The summed E-state index contributed by atoms with van der Waals surface area (Å²) < 4.78 is 51.1. The predicted molar refractivity (Wildman–Crippen MR) is 93.1 cm³/mol. The van der Waals surface area contributed by atoms with Crippen LogP contribution in [0.25, 0.3) is 0 Å². The van der Waals surface area contributed by atoms with Gasteiger partial charge >= 0.3 is 0 Å². The molecule has 0 bridgehead atoms. The Morgan fingerprint density at radius 1 is 1.09 bits per heavy atom. The predicted octanol–water partition coefficient (Wildman–Crippen LogP) is 0.756.